The molecule has 1 aliphatic rings. The third-order valence-electron chi connectivity index (χ3n) is 5.35. The zero-order valence-corrected chi connectivity index (χ0v) is 17.7. The second kappa shape index (κ2) is 9.40. The summed E-state index contributed by atoms with van der Waals surface area (Å²) in [4.78, 5) is 18.0. The summed E-state index contributed by atoms with van der Waals surface area (Å²) in [6.45, 7) is 2.60. The van der Waals surface area contributed by atoms with Crippen LogP contribution in [0, 0.1) is 0 Å². The summed E-state index contributed by atoms with van der Waals surface area (Å²) in [5.74, 6) is -0.619. The van der Waals surface area contributed by atoms with Crippen molar-refractivity contribution < 1.29 is 27.4 Å². The zero-order chi connectivity index (χ0) is 22.7. The molecule has 170 valence electrons. The van der Waals surface area contributed by atoms with Crippen molar-refractivity contribution in [3.63, 3.8) is 0 Å². The van der Waals surface area contributed by atoms with Crippen molar-refractivity contribution >= 4 is 28.4 Å². The Balaban J connectivity index is 1.51. The predicted molar refractivity (Wildman–Crippen MR) is 114 cm³/mol. The summed E-state index contributed by atoms with van der Waals surface area (Å²) < 4.78 is 46.8. The smallest absolute Gasteiger partial charge is 0.406 e. The number of ether oxygens (including phenoxy) is 2. The molecule has 2 N–H and O–H groups in total. The Morgan fingerprint density at radius 2 is 1.88 bits per heavy atom. The third-order valence-corrected chi connectivity index (χ3v) is 5.76. The average molecular weight is 468 g/mol. The molecule has 6 nitrogen and oxygen atoms in total. The van der Waals surface area contributed by atoms with Crippen molar-refractivity contribution in [1.29, 1.82) is 0 Å². The first-order valence-corrected chi connectivity index (χ1v) is 10.4. The highest BCUT2D eigenvalue weighted by Gasteiger charge is 2.31. The van der Waals surface area contributed by atoms with Gasteiger partial charge < -0.3 is 19.8 Å². The van der Waals surface area contributed by atoms with Crippen LogP contribution in [-0.4, -0.2) is 55.0 Å². The highest BCUT2D eigenvalue weighted by Crippen LogP contribution is 2.29. The number of alkyl halides is 3. The number of halogens is 4. The normalized spacial score (nSPS) is 16.1. The molecule has 10 heteroatoms. The number of rotatable bonds is 6. The van der Waals surface area contributed by atoms with Crippen LogP contribution < -0.4 is 10.1 Å². The number of H-pyrrole nitrogens is 1. The van der Waals surface area contributed by atoms with Gasteiger partial charge in [-0.3, -0.25) is 9.69 Å². The molecule has 1 fully saturated rings. The lowest BCUT2D eigenvalue weighted by molar-refractivity contribution is -0.274. The van der Waals surface area contributed by atoms with Crippen molar-refractivity contribution in [1.82, 2.24) is 15.2 Å². The standard InChI is InChI=1S/C22H21ClF3N3O3/c23-20-16-7-8-27-18(16)6-5-17(20)21(30)28-13-19(29-9-11-31-12-10-29)14-1-3-15(4-2-14)32-22(24,25)26/h1-8,19,27H,9-13H2,(H,28,30). The van der Waals surface area contributed by atoms with Crippen LogP contribution in [0.4, 0.5) is 13.2 Å². The van der Waals surface area contributed by atoms with E-state index >= 15 is 0 Å². The van der Waals surface area contributed by atoms with Crippen LogP contribution in [0.3, 0.4) is 0 Å². The fraction of sp³-hybridized carbons (Fsp3) is 0.318. The quantitative estimate of drug-likeness (QED) is 0.559. The third kappa shape index (κ3) is 5.17. The molecule has 0 spiro atoms. The molecule has 0 saturated carbocycles. The summed E-state index contributed by atoms with van der Waals surface area (Å²) in [6.07, 6.45) is -3.00. The molecule has 0 radical (unpaired) electrons. The van der Waals surface area contributed by atoms with E-state index in [1.54, 1.807) is 36.5 Å². The lowest BCUT2D eigenvalue weighted by Gasteiger charge is -2.35. The van der Waals surface area contributed by atoms with E-state index in [2.05, 4.69) is 19.9 Å². The number of carbonyl (C=O) groups is 1. The van der Waals surface area contributed by atoms with Crippen LogP contribution in [0.15, 0.2) is 48.7 Å². The Morgan fingerprint density at radius 3 is 2.56 bits per heavy atom. The van der Waals surface area contributed by atoms with Gasteiger partial charge in [-0.1, -0.05) is 23.7 Å². The lowest BCUT2D eigenvalue weighted by atomic mass is 10.0. The molecular formula is C22H21ClF3N3O3. The van der Waals surface area contributed by atoms with Gasteiger partial charge in [0.15, 0.2) is 0 Å². The number of nitrogens with zero attached hydrogens (tertiary/aromatic N) is 1. The van der Waals surface area contributed by atoms with Crippen molar-refractivity contribution in [2.75, 3.05) is 32.8 Å². The molecule has 1 aromatic heterocycles. The van der Waals surface area contributed by atoms with Gasteiger partial charge in [0.05, 0.1) is 29.8 Å². The van der Waals surface area contributed by atoms with Crippen molar-refractivity contribution in [2.24, 2.45) is 0 Å². The van der Waals surface area contributed by atoms with Gasteiger partial charge in [0.2, 0.25) is 0 Å². The minimum atomic E-state index is -4.75. The Kier molecular flexibility index (Phi) is 6.59. The van der Waals surface area contributed by atoms with Crippen LogP contribution in [0.2, 0.25) is 5.02 Å². The molecule has 1 aliphatic heterocycles. The molecule has 4 rings (SSSR count). The minimum absolute atomic E-state index is 0.250. The first-order chi connectivity index (χ1) is 15.3. The summed E-state index contributed by atoms with van der Waals surface area (Å²) in [5, 5.41) is 4.03. The number of nitrogens with one attached hydrogen (secondary N) is 2. The number of fused-ring (bicyclic) bond motifs is 1. The van der Waals surface area contributed by atoms with Gasteiger partial charge in [-0.2, -0.15) is 0 Å². The van der Waals surface area contributed by atoms with E-state index in [1.807, 2.05) is 0 Å². The maximum Gasteiger partial charge on any atom is 0.573 e. The van der Waals surface area contributed by atoms with Gasteiger partial charge in [-0.25, -0.2) is 0 Å². The highest BCUT2D eigenvalue weighted by atomic mass is 35.5. The number of benzene rings is 2. The number of aromatic amines is 1. The first kappa shape index (κ1) is 22.4. The van der Waals surface area contributed by atoms with E-state index in [0.29, 0.717) is 36.9 Å². The van der Waals surface area contributed by atoms with E-state index in [9.17, 15) is 18.0 Å². The monoisotopic (exact) mass is 467 g/mol. The largest absolute Gasteiger partial charge is 0.573 e. The van der Waals surface area contributed by atoms with Crippen molar-refractivity contribution in [3.05, 3.63) is 64.8 Å². The molecule has 3 aromatic rings. The van der Waals surface area contributed by atoms with Crippen LogP contribution >= 0.6 is 11.6 Å². The molecular weight excluding hydrogens is 447 g/mol. The second-order valence-corrected chi connectivity index (χ2v) is 7.73. The molecule has 0 bridgehead atoms. The maximum atomic E-state index is 12.9. The predicted octanol–water partition coefficient (Wildman–Crippen LogP) is 4.52. The average Bonchev–Trinajstić information content (AvgIpc) is 3.25. The summed E-state index contributed by atoms with van der Waals surface area (Å²) >= 11 is 6.42. The lowest BCUT2D eigenvalue weighted by Crippen LogP contribution is -2.43. The molecule has 2 heterocycles. The number of amides is 1. The zero-order valence-electron chi connectivity index (χ0n) is 16.9. The van der Waals surface area contributed by atoms with Gasteiger partial charge >= 0.3 is 6.36 Å². The Labute approximate surface area is 187 Å². The molecule has 2 aromatic carbocycles. The Bertz CT molecular complexity index is 1080. The number of hydrogen-bond donors (Lipinski definition) is 2. The Morgan fingerprint density at radius 1 is 1.16 bits per heavy atom. The van der Waals surface area contributed by atoms with E-state index in [4.69, 9.17) is 16.3 Å². The van der Waals surface area contributed by atoms with Gasteiger partial charge in [-0.05, 0) is 35.9 Å². The molecule has 0 aliphatic carbocycles. The van der Waals surface area contributed by atoms with Gasteiger partial charge in [0.1, 0.15) is 5.75 Å². The van der Waals surface area contributed by atoms with E-state index in [0.717, 1.165) is 16.5 Å². The van der Waals surface area contributed by atoms with E-state index in [-0.39, 0.29) is 24.2 Å². The van der Waals surface area contributed by atoms with Crippen LogP contribution in [0.1, 0.15) is 22.0 Å². The van der Waals surface area contributed by atoms with Gasteiger partial charge in [0.25, 0.3) is 5.91 Å². The van der Waals surface area contributed by atoms with Crippen LogP contribution in [0.25, 0.3) is 10.9 Å². The minimum Gasteiger partial charge on any atom is -0.406 e. The highest BCUT2D eigenvalue weighted by molar-refractivity contribution is 6.38. The second-order valence-electron chi connectivity index (χ2n) is 7.36. The Hall–Kier alpha value is -2.75. The van der Waals surface area contributed by atoms with Crippen molar-refractivity contribution in [2.45, 2.75) is 12.4 Å². The molecule has 32 heavy (non-hydrogen) atoms. The van der Waals surface area contributed by atoms with Crippen LogP contribution in [-0.2, 0) is 4.74 Å². The van der Waals surface area contributed by atoms with E-state index < -0.39 is 6.36 Å². The number of carbonyl (C=O) groups excluding carboxylic acids is 1. The number of morpholine rings is 1. The van der Waals surface area contributed by atoms with Gasteiger partial charge in [-0.15, -0.1) is 13.2 Å². The van der Waals surface area contributed by atoms with Crippen LogP contribution in [0.5, 0.6) is 5.75 Å². The topological polar surface area (TPSA) is 66.6 Å². The molecule has 1 atom stereocenters. The molecule has 1 saturated heterocycles. The number of aromatic nitrogens is 1. The number of hydrogen-bond acceptors (Lipinski definition) is 4. The van der Waals surface area contributed by atoms with Gasteiger partial charge in [0, 0.05) is 36.7 Å². The van der Waals surface area contributed by atoms with E-state index in [1.165, 1.54) is 12.1 Å². The molecule has 1 amide bonds. The fourth-order valence-corrected chi connectivity index (χ4v) is 4.11. The summed E-state index contributed by atoms with van der Waals surface area (Å²) in [7, 11) is 0. The SMILES string of the molecule is O=C(NCC(c1ccc(OC(F)(F)F)cc1)N1CCOCC1)c1ccc2[nH]ccc2c1Cl. The fourth-order valence-electron chi connectivity index (χ4n) is 3.80. The van der Waals surface area contributed by atoms with Crippen molar-refractivity contribution in [3.8, 4) is 5.75 Å². The summed E-state index contributed by atoms with van der Waals surface area (Å²) in [5.41, 5.74) is 1.95. The first-order valence-electron chi connectivity index (χ1n) is 10.0. The summed E-state index contributed by atoms with van der Waals surface area (Å²) in [6, 6.07) is 10.7. The molecule has 1 unspecified atom stereocenters. The maximum absolute atomic E-state index is 12.9.